The van der Waals surface area contributed by atoms with Crippen LogP contribution in [-0.4, -0.2) is 30.8 Å². The van der Waals surface area contributed by atoms with Crippen LogP contribution in [0.15, 0.2) is 4.99 Å². The number of nitrogens with two attached hydrogens (primary N) is 1. The molecule has 5 heteroatoms. The third-order valence-corrected chi connectivity index (χ3v) is 2.38. The summed E-state index contributed by atoms with van der Waals surface area (Å²) in [5, 5.41) is 3.30. The van der Waals surface area contributed by atoms with Gasteiger partial charge in [0.2, 0.25) is 5.96 Å². The van der Waals surface area contributed by atoms with Crippen LogP contribution >= 0.6 is 0 Å². The second kappa shape index (κ2) is 5.32. The Morgan fingerprint density at radius 1 is 1.53 bits per heavy atom. The summed E-state index contributed by atoms with van der Waals surface area (Å²) in [6.45, 7) is 7.70. The molecule has 1 atom stereocenters. The van der Waals surface area contributed by atoms with Crippen LogP contribution in [-0.2, 0) is 4.74 Å². The maximum atomic E-state index is 5.45. The normalized spacial score (nSPS) is 27.9. The van der Waals surface area contributed by atoms with Gasteiger partial charge in [-0.25, -0.2) is 10.8 Å². The van der Waals surface area contributed by atoms with E-state index in [2.05, 4.69) is 22.7 Å². The average molecular weight is 214 g/mol. The lowest BCUT2D eigenvalue weighted by Crippen LogP contribution is -2.56. The van der Waals surface area contributed by atoms with Gasteiger partial charge in [0.25, 0.3) is 0 Å². The van der Waals surface area contributed by atoms with E-state index in [9.17, 15) is 0 Å². The Balaban J connectivity index is 2.56. The molecule has 1 rings (SSSR count). The summed E-state index contributed by atoms with van der Waals surface area (Å²) < 4.78 is 5.45. The van der Waals surface area contributed by atoms with Crippen LogP contribution in [0.3, 0.4) is 0 Å². The molecule has 0 aromatic rings. The highest BCUT2D eigenvalue weighted by molar-refractivity contribution is 5.80. The van der Waals surface area contributed by atoms with Crippen LogP contribution in [0, 0.1) is 0 Å². The van der Waals surface area contributed by atoms with Gasteiger partial charge in [-0.15, -0.1) is 0 Å². The first kappa shape index (κ1) is 12.3. The van der Waals surface area contributed by atoms with Crippen molar-refractivity contribution in [2.45, 2.75) is 45.2 Å². The molecule has 1 saturated heterocycles. The Morgan fingerprint density at radius 2 is 2.27 bits per heavy atom. The predicted molar refractivity (Wildman–Crippen MR) is 61.5 cm³/mol. The first-order chi connectivity index (χ1) is 7.06. The molecule has 0 aliphatic carbocycles. The monoisotopic (exact) mass is 214 g/mol. The lowest BCUT2D eigenvalue weighted by molar-refractivity contribution is 0.0366. The first-order valence-electron chi connectivity index (χ1n) is 5.46. The molecular formula is C10H22N4O. The number of nitrogens with zero attached hydrogens (tertiary/aromatic N) is 1. The summed E-state index contributed by atoms with van der Waals surface area (Å²) in [5.74, 6) is 6.05. The minimum Gasteiger partial charge on any atom is -0.379 e. The maximum absolute atomic E-state index is 5.45. The van der Waals surface area contributed by atoms with Gasteiger partial charge in [0.1, 0.15) is 0 Å². The fourth-order valence-electron chi connectivity index (χ4n) is 1.68. The minimum atomic E-state index is -0.0572. The van der Waals surface area contributed by atoms with Gasteiger partial charge in [-0.3, -0.25) is 5.43 Å². The molecular weight excluding hydrogens is 192 g/mol. The molecule has 0 bridgehead atoms. The molecule has 0 amide bonds. The predicted octanol–water partition coefficient (Wildman–Crippen LogP) is 0.373. The van der Waals surface area contributed by atoms with Gasteiger partial charge in [-0.2, -0.15) is 0 Å². The van der Waals surface area contributed by atoms with E-state index >= 15 is 0 Å². The summed E-state index contributed by atoms with van der Waals surface area (Å²) in [6, 6.07) is 0.219. The standard InChI is InChI=1S/C10H22N4O/c1-8(2)12-9(14-11)13-10(3)5-4-6-15-7-10/h8H,4-7,11H2,1-3H3,(H2,12,13,14). The fourth-order valence-corrected chi connectivity index (χ4v) is 1.68. The van der Waals surface area contributed by atoms with E-state index in [1.165, 1.54) is 0 Å². The van der Waals surface area contributed by atoms with Gasteiger partial charge < -0.3 is 10.1 Å². The molecule has 1 unspecified atom stereocenters. The number of nitrogens with one attached hydrogen (secondary N) is 2. The second-order valence-electron chi connectivity index (χ2n) is 4.56. The van der Waals surface area contributed by atoms with Crippen molar-refractivity contribution in [3.8, 4) is 0 Å². The van der Waals surface area contributed by atoms with Crippen molar-refractivity contribution in [2.24, 2.45) is 10.8 Å². The molecule has 0 radical (unpaired) electrons. The molecule has 15 heavy (non-hydrogen) atoms. The van der Waals surface area contributed by atoms with Crippen LogP contribution in [0.1, 0.15) is 33.6 Å². The number of hydrazine groups is 1. The molecule has 4 N–H and O–H groups in total. The molecule has 0 aromatic heterocycles. The van der Waals surface area contributed by atoms with Crippen molar-refractivity contribution in [3.05, 3.63) is 0 Å². The van der Waals surface area contributed by atoms with E-state index in [0.717, 1.165) is 19.4 Å². The Hall–Kier alpha value is -0.810. The smallest absolute Gasteiger partial charge is 0.206 e. The van der Waals surface area contributed by atoms with Crippen molar-refractivity contribution in [1.29, 1.82) is 0 Å². The average Bonchev–Trinajstić information content (AvgIpc) is 2.16. The zero-order chi connectivity index (χ0) is 11.3. The lowest BCUT2D eigenvalue weighted by atomic mass is 9.95. The fraction of sp³-hybridized carbons (Fsp3) is 0.900. The largest absolute Gasteiger partial charge is 0.379 e. The van der Waals surface area contributed by atoms with Crippen LogP contribution in [0.5, 0.6) is 0 Å². The van der Waals surface area contributed by atoms with E-state index in [0.29, 0.717) is 12.6 Å². The summed E-state index contributed by atoms with van der Waals surface area (Å²) >= 11 is 0. The van der Waals surface area contributed by atoms with E-state index in [1.807, 2.05) is 13.8 Å². The zero-order valence-corrected chi connectivity index (χ0v) is 9.84. The first-order valence-corrected chi connectivity index (χ1v) is 5.46. The summed E-state index contributed by atoms with van der Waals surface area (Å²) in [7, 11) is 0. The van der Waals surface area contributed by atoms with Crippen molar-refractivity contribution < 1.29 is 4.74 Å². The van der Waals surface area contributed by atoms with E-state index in [-0.39, 0.29) is 11.6 Å². The van der Waals surface area contributed by atoms with Crippen molar-refractivity contribution in [1.82, 2.24) is 10.7 Å². The van der Waals surface area contributed by atoms with Crippen molar-refractivity contribution >= 4 is 5.96 Å². The number of rotatable bonds is 2. The lowest BCUT2D eigenvalue weighted by Gasteiger charge is -2.35. The van der Waals surface area contributed by atoms with E-state index < -0.39 is 0 Å². The topological polar surface area (TPSA) is 71.7 Å². The van der Waals surface area contributed by atoms with E-state index in [1.54, 1.807) is 0 Å². The second-order valence-corrected chi connectivity index (χ2v) is 4.56. The highest BCUT2D eigenvalue weighted by atomic mass is 16.5. The van der Waals surface area contributed by atoms with Gasteiger partial charge in [-0.05, 0) is 33.6 Å². The molecule has 1 heterocycles. The quantitative estimate of drug-likeness (QED) is 0.269. The number of guanidine groups is 1. The third kappa shape index (κ3) is 4.05. The number of hydrogen-bond acceptors (Lipinski definition) is 3. The van der Waals surface area contributed by atoms with Crippen molar-refractivity contribution in [3.63, 3.8) is 0 Å². The number of aliphatic imine (C=N–C) groups is 1. The molecule has 88 valence electrons. The van der Waals surface area contributed by atoms with Gasteiger partial charge >= 0.3 is 0 Å². The third-order valence-electron chi connectivity index (χ3n) is 2.38. The SMILES string of the molecule is CC(C)N=C(NN)NC1(C)CCCOC1. The highest BCUT2D eigenvalue weighted by Gasteiger charge is 2.28. The molecule has 5 nitrogen and oxygen atoms in total. The molecule has 1 aliphatic rings. The van der Waals surface area contributed by atoms with Crippen LogP contribution in [0.25, 0.3) is 0 Å². The van der Waals surface area contributed by atoms with Crippen LogP contribution in [0.2, 0.25) is 0 Å². The summed E-state index contributed by atoms with van der Waals surface area (Å²) in [4.78, 5) is 4.35. The Morgan fingerprint density at radius 3 is 2.73 bits per heavy atom. The Kier molecular flexibility index (Phi) is 4.35. The molecule has 1 aliphatic heterocycles. The van der Waals surface area contributed by atoms with E-state index in [4.69, 9.17) is 10.6 Å². The number of hydrogen-bond donors (Lipinski definition) is 3. The van der Waals surface area contributed by atoms with Gasteiger partial charge in [0.05, 0.1) is 12.1 Å². The Labute approximate surface area is 91.4 Å². The minimum absolute atomic E-state index is 0.0572. The van der Waals surface area contributed by atoms with Crippen LogP contribution < -0.4 is 16.6 Å². The Bertz CT molecular complexity index is 221. The molecule has 1 fully saturated rings. The van der Waals surface area contributed by atoms with Crippen molar-refractivity contribution in [2.75, 3.05) is 13.2 Å². The number of ether oxygens (including phenoxy) is 1. The van der Waals surface area contributed by atoms with Gasteiger partial charge in [0, 0.05) is 12.6 Å². The van der Waals surface area contributed by atoms with Gasteiger partial charge in [0.15, 0.2) is 0 Å². The summed E-state index contributed by atoms with van der Waals surface area (Å²) in [5.41, 5.74) is 2.53. The van der Waals surface area contributed by atoms with Crippen LogP contribution in [0.4, 0.5) is 0 Å². The maximum Gasteiger partial charge on any atom is 0.206 e. The zero-order valence-electron chi connectivity index (χ0n) is 9.84. The van der Waals surface area contributed by atoms with Gasteiger partial charge in [-0.1, -0.05) is 0 Å². The molecule has 0 aromatic carbocycles. The summed E-state index contributed by atoms with van der Waals surface area (Å²) in [6.07, 6.45) is 2.15. The molecule has 0 spiro atoms. The highest BCUT2D eigenvalue weighted by Crippen LogP contribution is 2.17. The molecule has 0 saturated carbocycles.